The van der Waals surface area contributed by atoms with Gasteiger partial charge in [0.1, 0.15) is 5.00 Å². The van der Waals surface area contributed by atoms with Gasteiger partial charge in [0.2, 0.25) is 0 Å². The molecule has 2 amide bonds. The number of hydrogen-bond acceptors (Lipinski definition) is 4. The maximum Gasteiger partial charge on any atom is 0.257 e. The molecule has 28 heavy (non-hydrogen) atoms. The third-order valence-electron chi connectivity index (χ3n) is 5.07. The molecule has 0 unspecified atom stereocenters. The number of aryl methyl sites for hydroxylation is 1. The first-order valence-electron chi connectivity index (χ1n) is 9.33. The lowest BCUT2D eigenvalue weighted by Gasteiger charge is -2.13. The summed E-state index contributed by atoms with van der Waals surface area (Å²) in [6, 6.07) is 4.73. The van der Waals surface area contributed by atoms with Crippen molar-refractivity contribution < 1.29 is 14.3 Å². The van der Waals surface area contributed by atoms with Crippen LogP contribution in [0.25, 0.3) is 0 Å². The molecule has 2 aromatic rings. The Morgan fingerprint density at radius 3 is 2.79 bits per heavy atom. The number of thiophene rings is 1. The van der Waals surface area contributed by atoms with Gasteiger partial charge in [0.15, 0.2) is 0 Å². The van der Waals surface area contributed by atoms with E-state index in [1.54, 1.807) is 12.1 Å². The minimum atomic E-state index is -0.352. The summed E-state index contributed by atoms with van der Waals surface area (Å²) >= 11 is 13.5. The van der Waals surface area contributed by atoms with Crippen molar-refractivity contribution in [2.75, 3.05) is 18.5 Å². The van der Waals surface area contributed by atoms with E-state index in [1.165, 1.54) is 22.3 Å². The van der Waals surface area contributed by atoms with Gasteiger partial charge in [-0.2, -0.15) is 0 Å². The van der Waals surface area contributed by atoms with E-state index in [0.29, 0.717) is 27.7 Å². The van der Waals surface area contributed by atoms with Crippen LogP contribution in [0, 0.1) is 0 Å². The summed E-state index contributed by atoms with van der Waals surface area (Å²) < 4.78 is 5.58. The van der Waals surface area contributed by atoms with Gasteiger partial charge in [-0.25, -0.2) is 0 Å². The Labute approximate surface area is 177 Å². The average Bonchev–Trinajstić information content (AvgIpc) is 3.37. The molecular formula is C20H20Cl2N2O3S. The predicted molar refractivity (Wildman–Crippen MR) is 112 cm³/mol. The Balaban J connectivity index is 1.55. The molecule has 8 heteroatoms. The standard InChI is InChI=1S/C20H20Cl2N2O3S/c21-11-6-7-13(15(22)9-11)18(25)24-20-17(14-4-1-5-16(14)28-20)19(26)23-10-12-3-2-8-27-12/h6-7,9,12H,1-5,8,10H2,(H,23,26)(H,24,25)/t12-/m1/s1. The van der Waals surface area contributed by atoms with Crippen molar-refractivity contribution in [3.63, 3.8) is 0 Å². The third-order valence-corrected chi connectivity index (χ3v) is 6.82. The maximum atomic E-state index is 12.9. The zero-order chi connectivity index (χ0) is 19.7. The van der Waals surface area contributed by atoms with Crippen molar-refractivity contribution in [3.05, 3.63) is 49.8 Å². The smallest absolute Gasteiger partial charge is 0.257 e. The largest absolute Gasteiger partial charge is 0.376 e. The number of carbonyl (C=O) groups is 2. The molecule has 1 aliphatic carbocycles. The monoisotopic (exact) mass is 438 g/mol. The van der Waals surface area contributed by atoms with E-state index >= 15 is 0 Å². The molecule has 1 atom stereocenters. The SMILES string of the molecule is O=C(Nc1sc2c(c1C(=O)NC[C@H]1CCCO1)CCC2)c1ccc(Cl)cc1Cl. The Morgan fingerprint density at radius 1 is 1.18 bits per heavy atom. The van der Waals surface area contributed by atoms with Crippen molar-refractivity contribution in [2.45, 2.75) is 38.2 Å². The molecule has 0 radical (unpaired) electrons. The number of rotatable bonds is 5. The molecule has 0 saturated carbocycles. The number of hydrogen-bond donors (Lipinski definition) is 2. The first-order chi connectivity index (χ1) is 13.5. The van der Waals surface area contributed by atoms with Gasteiger partial charge in [0.05, 0.1) is 22.3 Å². The van der Waals surface area contributed by atoms with Gasteiger partial charge in [-0.1, -0.05) is 23.2 Å². The van der Waals surface area contributed by atoms with Crippen LogP contribution in [-0.2, 0) is 17.6 Å². The van der Waals surface area contributed by atoms with Crippen LogP contribution in [0.1, 0.15) is 50.4 Å². The molecule has 2 N–H and O–H groups in total. The van der Waals surface area contributed by atoms with E-state index in [0.717, 1.165) is 44.3 Å². The van der Waals surface area contributed by atoms with E-state index in [9.17, 15) is 9.59 Å². The molecule has 5 nitrogen and oxygen atoms in total. The van der Waals surface area contributed by atoms with Gasteiger partial charge in [-0.15, -0.1) is 11.3 Å². The topological polar surface area (TPSA) is 67.4 Å². The van der Waals surface area contributed by atoms with Gasteiger partial charge in [-0.3, -0.25) is 9.59 Å². The van der Waals surface area contributed by atoms with Crippen LogP contribution < -0.4 is 10.6 Å². The molecule has 0 bridgehead atoms. The van der Waals surface area contributed by atoms with Crippen molar-refractivity contribution in [1.29, 1.82) is 0 Å². The van der Waals surface area contributed by atoms with Crippen LogP contribution >= 0.6 is 34.5 Å². The summed E-state index contributed by atoms with van der Waals surface area (Å²) in [5.41, 5.74) is 1.95. The fourth-order valence-corrected chi connectivity index (χ4v) is 5.45. The van der Waals surface area contributed by atoms with E-state index in [1.807, 2.05) is 0 Å². The molecular weight excluding hydrogens is 419 g/mol. The molecule has 1 fully saturated rings. The summed E-state index contributed by atoms with van der Waals surface area (Å²) in [4.78, 5) is 26.8. The van der Waals surface area contributed by atoms with Crippen molar-refractivity contribution >= 4 is 51.4 Å². The van der Waals surface area contributed by atoms with Crippen LogP contribution in [-0.4, -0.2) is 31.1 Å². The number of carbonyl (C=O) groups excluding carboxylic acids is 2. The zero-order valence-corrected chi connectivity index (χ0v) is 17.5. The fourth-order valence-electron chi connectivity index (χ4n) is 3.68. The second-order valence-electron chi connectivity index (χ2n) is 6.98. The summed E-state index contributed by atoms with van der Waals surface area (Å²) in [5, 5.41) is 7.18. The molecule has 2 heterocycles. The molecule has 1 saturated heterocycles. The highest BCUT2D eigenvalue weighted by Crippen LogP contribution is 2.39. The minimum absolute atomic E-state index is 0.0709. The lowest BCUT2D eigenvalue weighted by atomic mass is 10.1. The van der Waals surface area contributed by atoms with Gasteiger partial charge < -0.3 is 15.4 Å². The lowest BCUT2D eigenvalue weighted by Crippen LogP contribution is -2.32. The van der Waals surface area contributed by atoms with Crippen LogP contribution in [0.3, 0.4) is 0 Å². The fraction of sp³-hybridized carbons (Fsp3) is 0.400. The third kappa shape index (κ3) is 4.06. The first kappa shape index (κ1) is 19.7. The minimum Gasteiger partial charge on any atom is -0.376 e. The highest BCUT2D eigenvalue weighted by Gasteiger charge is 2.28. The molecule has 1 aromatic heterocycles. The second-order valence-corrected chi connectivity index (χ2v) is 8.93. The van der Waals surface area contributed by atoms with Gasteiger partial charge in [-0.05, 0) is 55.9 Å². The van der Waals surface area contributed by atoms with Gasteiger partial charge in [0, 0.05) is 23.1 Å². The Hall–Kier alpha value is -1.60. The number of ether oxygens (including phenoxy) is 1. The molecule has 4 rings (SSSR count). The highest BCUT2D eigenvalue weighted by molar-refractivity contribution is 7.17. The van der Waals surface area contributed by atoms with Crippen LogP contribution in [0.5, 0.6) is 0 Å². The van der Waals surface area contributed by atoms with Crippen LogP contribution in [0.4, 0.5) is 5.00 Å². The van der Waals surface area contributed by atoms with Crippen molar-refractivity contribution in [2.24, 2.45) is 0 Å². The number of fused-ring (bicyclic) bond motifs is 1. The average molecular weight is 439 g/mol. The zero-order valence-electron chi connectivity index (χ0n) is 15.1. The Bertz CT molecular complexity index is 922. The number of amides is 2. The van der Waals surface area contributed by atoms with E-state index in [-0.39, 0.29) is 22.9 Å². The Morgan fingerprint density at radius 2 is 2.04 bits per heavy atom. The number of anilines is 1. The summed E-state index contributed by atoms with van der Waals surface area (Å²) in [7, 11) is 0. The predicted octanol–water partition coefficient (Wildman–Crippen LogP) is 4.70. The van der Waals surface area contributed by atoms with Crippen LogP contribution in [0.2, 0.25) is 10.0 Å². The molecule has 1 aromatic carbocycles. The Kier molecular flexibility index (Phi) is 5.92. The summed E-state index contributed by atoms with van der Waals surface area (Å²) in [5.74, 6) is -0.512. The van der Waals surface area contributed by atoms with Crippen LogP contribution in [0.15, 0.2) is 18.2 Å². The maximum absolute atomic E-state index is 12.9. The molecule has 1 aliphatic heterocycles. The molecule has 0 spiro atoms. The van der Waals surface area contributed by atoms with E-state index in [2.05, 4.69) is 10.6 Å². The normalized spacial score (nSPS) is 18.1. The quantitative estimate of drug-likeness (QED) is 0.710. The molecule has 2 aliphatic rings. The van der Waals surface area contributed by atoms with E-state index < -0.39 is 0 Å². The van der Waals surface area contributed by atoms with Crippen molar-refractivity contribution in [1.82, 2.24) is 5.32 Å². The lowest BCUT2D eigenvalue weighted by molar-refractivity contribution is 0.0858. The second kappa shape index (κ2) is 8.41. The van der Waals surface area contributed by atoms with E-state index in [4.69, 9.17) is 27.9 Å². The highest BCUT2D eigenvalue weighted by atomic mass is 35.5. The molecule has 148 valence electrons. The number of benzene rings is 1. The number of halogens is 2. The number of nitrogens with one attached hydrogen (secondary N) is 2. The first-order valence-corrected chi connectivity index (χ1v) is 10.9. The summed E-state index contributed by atoms with van der Waals surface area (Å²) in [6.45, 7) is 1.23. The van der Waals surface area contributed by atoms with Crippen molar-refractivity contribution in [3.8, 4) is 0 Å². The van der Waals surface area contributed by atoms with Gasteiger partial charge in [0.25, 0.3) is 11.8 Å². The van der Waals surface area contributed by atoms with Gasteiger partial charge >= 0.3 is 0 Å². The summed E-state index contributed by atoms with van der Waals surface area (Å²) in [6.07, 6.45) is 4.87.